The minimum absolute atomic E-state index is 0. The Morgan fingerprint density at radius 3 is 1.91 bits per heavy atom. The molecule has 1 rings (SSSR count). The zero-order chi connectivity index (χ0) is 7.98. The normalized spacial score (nSPS) is 7.18. The molecule has 0 spiro atoms. The summed E-state index contributed by atoms with van der Waals surface area (Å²) in [5.41, 5.74) is 0. The Balaban J connectivity index is 0. The molecule has 0 aliphatic rings. The van der Waals surface area contributed by atoms with Crippen LogP contribution in [0.4, 0.5) is 0 Å². The van der Waals surface area contributed by atoms with Crippen LogP contribution in [0.5, 0.6) is 5.75 Å². The first-order valence-corrected chi connectivity index (χ1v) is 3.29. The fourth-order valence-electron chi connectivity index (χ4n) is 0.452. The van der Waals surface area contributed by atoms with Gasteiger partial charge in [0, 0.05) is 0 Å². The van der Waals surface area contributed by atoms with E-state index >= 15 is 0 Å². The molecule has 0 aliphatic heterocycles. The summed E-state index contributed by atoms with van der Waals surface area (Å²) in [7, 11) is 0. The predicted molar refractivity (Wildman–Crippen MR) is 49.0 cm³/mol. The van der Waals surface area contributed by atoms with Crippen molar-refractivity contribution < 1.29 is 10.3 Å². The molecule has 0 heterocycles. The Morgan fingerprint density at radius 1 is 1.18 bits per heavy atom. The maximum atomic E-state index is 8.87. The standard InChI is InChI=1S/C6H5BrO.ClH.H3NO/c7-5-3-1-2-4-6(5)8;;1-2/h1-4,8H;1H;2H,1H2. The molecule has 0 atom stereocenters. The molecule has 0 saturated carbocycles. The maximum Gasteiger partial charge on any atom is 0.129 e. The van der Waals surface area contributed by atoms with Gasteiger partial charge in [-0.25, -0.2) is 5.90 Å². The average Bonchev–Trinajstić information content (AvgIpc) is 2.00. The van der Waals surface area contributed by atoms with E-state index in [0.29, 0.717) is 0 Å². The van der Waals surface area contributed by atoms with Gasteiger partial charge in [0.15, 0.2) is 0 Å². The lowest BCUT2D eigenvalue weighted by molar-refractivity contribution is 0.311. The zero-order valence-corrected chi connectivity index (χ0v) is 7.97. The van der Waals surface area contributed by atoms with Gasteiger partial charge >= 0.3 is 0 Å². The Labute approximate surface area is 79.3 Å². The van der Waals surface area contributed by atoms with Crippen LogP contribution in [-0.4, -0.2) is 10.3 Å². The van der Waals surface area contributed by atoms with Crippen molar-refractivity contribution in [1.82, 2.24) is 0 Å². The summed E-state index contributed by atoms with van der Waals surface area (Å²) in [6, 6.07) is 7.04. The molecule has 0 amide bonds. The molecular formula is C6H9BrClNO2. The van der Waals surface area contributed by atoms with Crippen LogP contribution in [0.2, 0.25) is 0 Å². The largest absolute Gasteiger partial charge is 0.507 e. The minimum Gasteiger partial charge on any atom is -0.507 e. The molecule has 1 aromatic rings. The summed E-state index contributed by atoms with van der Waals surface area (Å²) in [6.07, 6.45) is 0. The number of phenols is 1. The van der Waals surface area contributed by atoms with Gasteiger partial charge in [0.2, 0.25) is 0 Å². The highest BCUT2D eigenvalue weighted by Crippen LogP contribution is 2.21. The number of para-hydroxylation sites is 1. The van der Waals surface area contributed by atoms with Crippen molar-refractivity contribution in [3.05, 3.63) is 28.7 Å². The Kier molecular flexibility index (Phi) is 9.45. The van der Waals surface area contributed by atoms with E-state index in [1.165, 1.54) is 0 Å². The third-order valence-corrected chi connectivity index (χ3v) is 1.52. The van der Waals surface area contributed by atoms with E-state index in [9.17, 15) is 0 Å². The van der Waals surface area contributed by atoms with Crippen molar-refractivity contribution >= 4 is 28.3 Å². The molecule has 0 aromatic heterocycles. The Morgan fingerprint density at radius 2 is 1.64 bits per heavy atom. The van der Waals surface area contributed by atoms with Crippen LogP contribution in [0, 0.1) is 0 Å². The van der Waals surface area contributed by atoms with Gasteiger partial charge in [-0.05, 0) is 28.1 Å². The van der Waals surface area contributed by atoms with Gasteiger partial charge in [0.1, 0.15) is 5.75 Å². The first-order chi connectivity index (χ1) is 4.80. The number of hydrogen-bond donors (Lipinski definition) is 3. The zero-order valence-electron chi connectivity index (χ0n) is 5.57. The molecule has 0 unspecified atom stereocenters. The summed E-state index contributed by atoms with van der Waals surface area (Å²) >= 11 is 3.15. The highest BCUT2D eigenvalue weighted by Gasteiger charge is 1.89. The van der Waals surface area contributed by atoms with Crippen LogP contribution in [0.3, 0.4) is 0 Å². The van der Waals surface area contributed by atoms with Gasteiger partial charge in [-0.2, -0.15) is 0 Å². The second-order valence-corrected chi connectivity index (χ2v) is 2.31. The third-order valence-electron chi connectivity index (χ3n) is 0.852. The lowest BCUT2D eigenvalue weighted by Gasteiger charge is -1.90. The van der Waals surface area contributed by atoms with Gasteiger partial charge in [-0.1, -0.05) is 12.1 Å². The van der Waals surface area contributed by atoms with Crippen LogP contribution < -0.4 is 5.90 Å². The molecule has 0 aliphatic carbocycles. The van der Waals surface area contributed by atoms with E-state index in [4.69, 9.17) is 10.3 Å². The number of nitrogens with two attached hydrogens (primary N) is 1. The van der Waals surface area contributed by atoms with Crippen molar-refractivity contribution in [2.24, 2.45) is 5.90 Å². The summed E-state index contributed by atoms with van der Waals surface area (Å²) in [6.45, 7) is 0. The van der Waals surface area contributed by atoms with E-state index in [1.54, 1.807) is 18.2 Å². The molecule has 0 saturated heterocycles. The number of benzene rings is 1. The monoisotopic (exact) mass is 241 g/mol. The van der Waals surface area contributed by atoms with Crippen molar-refractivity contribution in [2.45, 2.75) is 0 Å². The summed E-state index contributed by atoms with van der Waals surface area (Å²) < 4.78 is 0.736. The second kappa shape index (κ2) is 7.81. The number of halogens is 2. The molecule has 5 heteroatoms. The van der Waals surface area contributed by atoms with Crippen molar-refractivity contribution in [3.63, 3.8) is 0 Å². The first-order valence-electron chi connectivity index (χ1n) is 2.50. The third kappa shape index (κ3) is 5.03. The highest BCUT2D eigenvalue weighted by atomic mass is 79.9. The molecule has 64 valence electrons. The van der Waals surface area contributed by atoms with E-state index in [0.717, 1.165) is 4.47 Å². The fraction of sp³-hybridized carbons (Fsp3) is 0. The molecule has 0 fully saturated rings. The number of phenolic OH excluding ortho intramolecular Hbond substituents is 1. The molecule has 11 heavy (non-hydrogen) atoms. The van der Waals surface area contributed by atoms with Gasteiger partial charge < -0.3 is 10.3 Å². The van der Waals surface area contributed by atoms with E-state index in [-0.39, 0.29) is 18.2 Å². The Hall–Kier alpha value is -0.290. The SMILES string of the molecule is Cl.NO.Oc1ccccc1Br. The second-order valence-electron chi connectivity index (χ2n) is 1.45. The molecule has 0 bridgehead atoms. The van der Waals surface area contributed by atoms with Gasteiger partial charge in [0.05, 0.1) is 4.47 Å². The van der Waals surface area contributed by atoms with Crippen LogP contribution >= 0.6 is 28.3 Å². The van der Waals surface area contributed by atoms with Gasteiger partial charge in [-0.3, -0.25) is 0 Å². The van der Waals surface area contributed by atoms with Crippen LogP contribution in [0.15, 0.2) is 28.7 Å². The number of aromatic hydroxyl groups is 1. The smallest absolute Gasteiger partial charge is 0.129 e. The summed E-state index contributed by atoms with van der Waals surface area (Å²) in [5, 5.41) is 15.4. The molecule has 0 radical (unpaired) electrons. The summed E-state index contributed by atoms with van der Waals surface area (Å²) in [5.74, 6) is 3.78. The quantitative estimate of drug-likeness (QED) is 0.609. The lowest BCUT2D eigenvalue weighted by Crippen LogP contribution is -1.72. The lowest BCUT2D eigenvalue weighted by atomic mass is 10.3. The minimum atomic E-state index is 0. The van der Waals surface area contributed by atoms with Gasteiger partial charge in [0.25, 0.3) is 0 Å². The summed E-state index contributed by atoms with van der Waals surface area (Å²) in [4.78, 5) is 0. The van der Waals surface area contributed by atoms with Crippen LogP contribution in [0.1, 0.15) is 0 Å². The topological polar surface area (TPSA) is 66.5 Å². The number of hydrogen-bond acceptors (Lipinski definition) is 3. The van der Waals surface area contributed by atoms with Crippen molar-refractivity contribution in [2.75, 3.05) is 0 Å². The first kappa shape index (κ1) is 13.3. The highest BCUT2D eigenvalue weighted by molar-refractivity contribution is 9.10. The molecular weight excluding hydrogens is 233 g/mol. The van der Waals surface area contributed by atoms with Crippen LogP contribution in [-0.2, 0) is 0 Å². The maximum absolute atomic E-state index is 8.87. The molecule has 1 aromatic carbocycles. The Bertz CT molecular complexity index is 177. The van der Waals surface area contributed by atoms with Crippen molar-refractivity contribution in [1.29, 1.82) is 0 Å². The van der Waals surface area contributed by atoms with E-state index in [1.807, 2.05) is 6.07 Å². The predicted octanol–water partition coefficient (Wildman–Crippen LogP) is 1.91. The molecule has 4 N–H and O–H groups in total. The van der Waals surface area contributed by atoms with Crippen molar-refractivity contribution in [3.8, 4) is 5.75 Å². The van der Waals surface area contributed by atoms with E-state index in [2.05, 4.69) is 21.8 Å². The number of rotatable bonds is 0. The van der Waals surface area contributed by atoms with E-state index < -0.39 is 0 Å². The van der Waals surface area contributed by atoms with Gasteiger partial charge in [-0.15, -0.1) is 12.4 Å². The van der Waals surface area contributed by atoms with Crippen LogP contribution in [0.25, 0.3) is 0 Å². The average molecular weight is 242 g/mol. The fourth-order valence-corrected chi connectivity index (χ4v) is 0.737. The molecule has 3 nitrogen and oxygen atoms in total.